The Morgan fingerprint density at radius 1 is 1.22 bits per heavy atom. The molecule has 4 N–H and O–H groups in total. The summed E-state index contributed by atoms with van der Waals surface area (Å²) in [6.45, 7) is 6.12. The van der Waals surface area contributed by atoms with Crippen LogP contribution in [0, 0.1) is 0 Å². The predicted molar refractivity (Wildman–Crippen MR) is 88.7 cm³/mol. The number of unbranched alkanes of at least 4 members (excludes halogenated alkanes) is 2. The highest BCUT2D eigenvalue weighted by Gasteiger charge is 2.15. The number of nitrogen functional groups attached to an aromatic ring is 1. The van der Waals surface area contributed by atoms with Gasteiger partial charge in [-0.25, -0.2) is 10.8 Å². The lowest BCUT2D eigenvalue weighted by molar-refractivity contribution is -0.154. The van der Waals surface area contributed by atoms with E-state index in [1.807, 2.05) is 20.8 Å². The molecule has 0 bridgehead atoms. The summed E-state index contributed by atoms with van der Waals surface area (Å²) in [6, 6.07) is 3.29. The second-order valence-electron chi connectivity index (χ2n) is 6.23. The Balaban J connectivity index is 2.14. The molecule has 0 saturated heterocycles. The van der Waals surface area contributed by atoms with E-state index in [1.54, 1.807) is 12.1 Å². The van der Waals surface area contributed by atoms with Gasteiger partial charge in [0.25, 0.3) is 5.91 Å². The van der Waals surface area contributed by atoms with Gasteiger partial charge in [-0.1, -0.05) is 6.42 Å². The Morgan fingerprint density at radius 3 is 2.52 bits per heavy atom. The summed E-state index contributed by atoms with van der Waals surface area (Å²) in [5.74, 6) is 5.36. The van der Waals surface area contributed by atoms with Crippen molar-refractivity contribution in [1.29, 1.82) is 0 Å². The fourth-order valence-corrected chi connectivity index (χ4v) is 1.88. The second kappa shape index (κ2) is 9.09. The monoisotopic (exact) mass is 322 g/mol. The number of carbonyl (C=O) groups is 2. The van der Waals surface area contributed by atoms with E-state index in [9.17, 15) is 9.59 Å². The third-order valence-corrected chi connectivity index (χ3v) is 2.94. The molecule has 1 amide bonds. The second-order valence-corrected chi connectivity index (χ2v) is 6.23. The van der Waals surface area contributed by atoms with Crippen molar-refractivity contribution >= 4 is 17.7 Å². The van der Waals surface area contributed by atoms with Gasteiger partial charge in [0, 0.05) is 19.2 Å². The summed E-state index contributed by atoms with van der Waals surface area (Å²) in [6.07, 6.45) is 4.29. The van der Waals surface area contributed by atoms with Crippen molar-refractivity contribution in [2.45, 2.75) is 52.1 Å². The first-order valence-corrected chi connectivity index (χ1v) is 7.74. The number of nitrogens with two attached hydrogens (primary N) is 1. The minimum absolute atomic E-state index is 0.173. The molecule has 0 unspecified atom stereocenters. The van der Waals surface area contributed by atoms with Gasteiger partial charge in [0.1, 0.15) is 11.4 Å². The van der Waals surface area contributed by atoms with Gasteiger partial charge in [0.2, 0.25) is 0 Å². The molecule has 7 heteroatoms. The molecule has 1 aromatic heterocycles. The smallest absolute Gasteiger partial charge is 0.306 e. The van der Waals surface area contributed by atoms with E-state index in [2.05, 4.69) is 15.7 Å². The summed E-state index contributed by atoms with van der Waals surface area (Å²) in [4.78, 5) is 27.4. The summed E-state index contributed by atoms with van der Waals surface area (Å²) < 4.78 is 5.23. The van der Waals surface area contributed by atoms with Crippen LogP contribution in [0.1, 0.15) is 56.8 Å². The molecule has 0 saturated carbocycles. The van der Waals surface area contributed by atoms with Crippen molar-refractivity contribution in [2.24, 2.45) is 5.84 Å². The molecule has 0 fully saturated rings. The Bertz CT molecular complexity index is 509. The molecule has 0 spiro atoms. The first kappa shape index (κ1) is 18.9. The SMILES string of the molecule is CC(C)(C)OC(=O)CCCCCNC(=O)c1ccc(NN)nc1. The lowest BCUT2D eigenvalue weighted by Crippen LogP contribution is -2.25. The topological polar surface area (TPSA) is 106 Å². The predicted octanol–water partition coefficient (Wildman–Crippen LogP) is 2.00. The van der Waals surface area contributed by atoms with E-state index in [0.717, 1.165) is 19.3 Å². The molecule has 7 nitrogen and oxygen atoms in total. The standard InChI is InChI=1S/C16H26N4O3/c1-16(2,3)23-14(21)7-5-4-6-10-18-15(22)12-8-9-13(20-17)19-11-12/h8-9,11H,4-7,10,17H2,1-3H3,(H,18,22)(H,19,20). The minimum atomic E-state index is -0.436. The fraction of sp³-hybridized carbons (Fsp3) is 0.562. The number of amides is 1. The maximum absolute atomic E-state index is 11.9. The molecule has 1 heterocycles. The van der Waals surface area contributed by atoms with Gasteiger partial charge in [-0.2, -0.15) is 0 Å². The number of hydrogen-bond donors (Lipinski definition) is 3. The average Bonchev–Trinajstić information content (AvgIpc) is 2.48. The number of nitrogens with one attached hydrogen (secondary N) is 2. The normalized spacial score (nSPS) is 11.0. The summed E-state index contributed by atoms with van der Waals surface area (Å²) in [5.41, 5.74) is 2.45. The molecule has 128 valence electrons. The van der Waals surface area contributed by atoms with Crippen molar-refractivity contribution in [3.8, 4) is 0 Å². The van der Waals surface area contributed by atoms with Gasteiger partial charge in [-0.05, 0) is 45.7 Å². The highest BCUT2D eigenvalue weighted by Crippen LogP contribution is 2.10. The van der Waals surface area contributed by atoms with Gasteiger partial charge in [0.05, 0.1) is 5.56 Å². The molecule has 0 aromatic carbocycles. The number of hydrogen-bond acceptors (Lipinski definition) is 6. The van der Waals surface area contributed by atoms with Crippen molar-refractivity contribution in [1.82, 2.24) is 10.3 Å². The molecule has 0 aliphatic carbocycles. The van der Waals surface area contributed by atoms with Crippen LogP contribution in [-0.2, 0) is 9.53 Å². The van der Waals surface area contributed by atoms with Crippen LogP contribution in [0.5, 0.6) is 0 Å². The van der Waals surface area contributed by atoms with Crippen LogP contribution >= 0.6 is 0 Å². The Hall–Kier alpha value is -2.15. The Kier molecular flexibility index (Phi) is 7.47. The van der Waals surface area contributed by atoms with Crippen LogP contribution in [0.15, 0.2) is 18.3 Å². The number of pyridine rings is 1. The third kappa shape index (κ3) is 8.15. The molecule has 0 radical (unpaired) electrons. The van der Waals surface area contributed by atoms with E-state index >= 15 is 0 Å². The van der Waals surface area contributed by atoms with Crippen LogP contribution in [-0.4, -0.2) is 29.0 Å². The molecular weight excluding hydrogens is 296 g/mol. The van der Waals surface area contributed by atoms with Crippen LogP contribution in [0.3, 0.4) is 0 Å². The van der Waals surface area contributed by atoms with Gasteiger partial charge in [-0.3, -0.25) is 9.59 Å². The Labute approximate surface area is 137 Å². The zero-order valence-electron chi connectivity index (χ0n) is 14.0. The quantitative estimate of drug-likeness (QED) is 0.292. The van der Waals surface area contributed by atoms with Crippen LogP contribution < -0.4 is 16.6 Å². The number of aromatic nitrogens is 1. The summed E-state index contributed by atoms with van der Waals surface area (Å²) in [7, 11) is 0. The number of ether oxygens (including phenoxy) is 1. The van der Waals surface area contributed by atoms with E-state index in [1.165, 1.54) is 6.20 Å². The highest BCUT2D eigenvalue weighted by molar-refractivity contribution is 5.93. The lowest BCUT2D eigenvalue weighted by Gasteiger charge is -2.19. The fourth-order valence-electron chi connectivity index (χ4n) is 1.88. The Morgan fingerprint density at radius 2 is 1.96 bits per heavy atom. The highest BCUT2D eigenvalue weighted by atomic mass is 16.6. The molecule has 0 aliphatic heterocycles. The zero-order valence-corrected chi connectivity index (χ0v) is 14.0. The average molecular weight is 322 g/mol. The van der Waals surface area contributed by atoms with Crippen molar-refractivity contribution in [2.75, 3.05) is 12.0 Å². The van der Waals surface area contributed by atoms with Crippen molar-refractivity contribution in [3.05, 3.63) is 23.9 Å². The van der Waals surface area contributed by atoms with Crippen LogP contribution in [0.2, 0.25) is 0 Å². The number of anilines is 1. The molecule has 0 aliphatic rings. The zero-order chi connectivity index (χ0) is 17.3. The number of carbonyl (C=O) groups excluding carboxylic acids is 2. The summed E-state index contributed by atoms with van der Waals surface area (Å²) >= 11 is 0. The largest absolute Gasteiger partial charge is 0.460 e. The molecule has 0 atom stereocenters. The lowest BCUT2D eigenvalue weighted by atomic mass is 10.1. The third-order valence-electron chi connectivity index (χ3n) is 2.94. The maximum Gasteiger partial charge on any atom is 0.306 e. The van der Waals surface area contributed by atoms with Crippen molar-refractivity contribution in [3.63, 3.8) is 0 Å². The minimum Gasteiger partial charge on any atom is -0.460 e. The first-order valence-electron chi connectivity index (χ1n) is 7.74. The number of rotatable bonds is 8. The summed E-state index contributed by atoms with van der Waals surface area (Å²) in [5, 5.41) is 2.82. The van der Waals surface area contributed by atoms with Crippen molar-refractivity contribution < 1.29 is 14.3 Å². The van der Waals surface area contributed by atoms with Crippen LogP contribution in [0.4, 0.5) is 5.82 Å². The van der Waals surface area contributed by atoms with E-state index in [4.69, 9.17) is 10.6 Å². The van der Waals surface area contributed by atoms with E-state index in [-0.39, 0.29) is 11.9 Å². The van der Waals surface area contributed by atoms with E-state index in [0.29, 0.717) is 24.3 Å². The number of nitrogens with zero attached hydrogens (tertiary/aromatic N) is 1. The number of hydrazine groups is 1. The maximum atomic E-state index is 11.9. The number of esters is 1. The van der Waals surface area contributed by atoms with Gasteiger partial charge in [-0.15, -0.1) is 0 Å². The van der Waals surface area contributed by atoms with Crippen LogP contribution in [0.25, 0.3) is 0 Å². The van der Waals surface area contributed by atoms with E-state index < -0.39 is 5.60 Å². The van der Waals surface area contributed by atoms with Gasteiger partial charge in [0.15, 0.2) is 0 Å². The first-order chi connectivity index (χ1) is 10.8. The molecule has 1 aromatic rings. The molecule has 23 heavy (non-hydrogen) atoms. The van der Waals surface area contributed by atoms with Gasteiger partial charge >= 0.3 is 5.97 Å². The molecule has 1 rings (SSSR count). The van der Waals surface area contributed by atoms with Gasteiger partial charge < -0.3 is 15.5 Å². The molecular formula is C16H26N4O3.